The predicted octanol–water partition coefficient (Wildman–Crippen LogP) is 3.20. The second-order valence-corrected chi connectivity index (χ2v) is 9.99. The molecule has 0 aromatic carbocycles. The van der Waals surface area contributed by atoms with Crippen LogP contribution in [0.25, 0.3) is 10.2 Å². The molecule has 2 aliphatic rings. The summed E-state index contributed by atoms with van der Waals surface area (Å²) < 4.78 is 1.80. The molecule has 158 valence electrons. The van der Waals surface area contributed by atoms with Crippen molar-refractivity contribution in [1.29, 1.82) is 0 Å². The molecule has 2 aromatic heterocycles. The Hall–Kier alpha value is -1.73. The number of carbonyl (C=O) groups is 1. The minimum Gasteiger partial charge on any atom is -0.351 e. The smallest absolute Gasteiger partial charge is 0.262 e. The second kappa shape index (κ2) is 8.56. The monoisotopic (exact) mass is 416 g/mol. The first-order valence-corrected chi connectivity index (χ1v) is 11.8. The van der Waals surface area contributed by atoms with Gasteiger partial charge in [-0.2, -0.15) is 0 Å². The van der Waals surface area contributed by atoms with Crippen molar-refractivity contribution in [2.75, 3.05) is 26.2 Å². The highest BCUT2D eigenvalue weighted by Gasteiger charge is 2.23. The van der Waals surface area contributed by atoms with Crippen molar-refractivity contribution in [1.82, 2.24) is 19.8 Å². The highest BCUT2D eigenvalue weighted by atomic mass is 32.1. The van der Waals surface area contributed by atoms with Gasteiger partial charge in [0.15, 0.2) is 0 Å². The summed E-state index contributed by atoms with van der Waals surface area (Å²) in [5, 5.41) is 3.69. The average Bonchev–Trinajstić information content (AvgIpc) is 3.01. The number of likely N-dealkylation sites (tertiary alicyclic amines) is 1. The van der Waals surface area contributed by atoms with Crippen LogP contribution in [0.15, 0.2) is 4.79 Å². The molecule has 2 atom stereocenters. The van der Waals surface area contributed by atoms with Crippen molar-refractivity contribution in [2.24, 2.45) is 11.8 Å². The van der Waals surface area contributed by atoms with Crippen LogP contribution in [0.2, 0.25) is 0 Å². The maximum absolute atomic E-state index is 12.9. The fourth-order valence-electron chi connectivity index (χ4n) is 5.01. The molecule has 1 amide bonds. The molecule has 2 aromatic rings. The lowest BCUT2D eigenvalue weighted by atomic mass is 9.92. The summed E-state index contributed by atoms with van der Waals surface area (Å²) >= 11 is 1.36. The van der Waals surface area contributed by atoms with Crippen molar-refractivity contribution >= 4 is 27.5 Å². The van der Waals surface area contributed by atoms with Gasteiger partial charge in [0.05, 0.1) is 10.3 Å². The first-order chi connectivity index (χ1) is 13.9. The van der Waals surface area contributed by atoms with E-state index in [1.165, 1.54) is 17.8 Å². The lowest BCUT2D eigenvalue weighted by Gasteiger charge is -2.34. The minimum atomic E-state index is -0.0757. The quantitative estimate of drug-likeness (QED) is 0.760. The van der Waals surface area contributed by atoms with Gasteiger partial charge in [-0.15, -0.1) is 11.3 Å². The average molecular weight is 417 g/mol. The Morgan fingerprint density at radius 1 is 1.24 bits per heavy atom. The Morgan fingerprint density at radius 2 is 2.00 bits per heavy atom. The molecule has 0 spiro atoms. The number of thiophene rings is 1. The molecule has 0 saturated carbocycles. The Bertz CT molecular complexity index is 954. The lowest BCUT2D eigenvalue weighted by molar-refractivity contribution is 0.0951. The van der Waals surface area contributed by atoms with Gasteiger partial charge in [0.2, 0.25) is 0 Å². The zero-order chi connectivity index (χ0) is 20.5. The molecular weight excluding hydrogens is 384 g/mol. The fourth-order valence-corrected chi connectivity index (χ4v) is 6.12. The molecule has 1 saturated heterocycles. The van der Waals surface area contributed by atoms with E-state index in [9.17, 15) is 9.59 Å². The maximum Gasteiger partial charge on any atom is 0.262 e. The van der Waals surface area contributed by atoms with Crippen LogP contribution < -0.4 is 10.9 Å². The van der Waals surface area contributed by atoms with Crippen LogP contribution >= 0.6 is 11.3 Å². The summed E-state index contributed by atoms with van der Waals surface area (Å²) in [7, 11) is 0. The van der Waals surface area contributed by atoms with Gasteiger partial charge in [-0.05, 0) is 56.6 Å². The van der Waals surface area contributed by atoms with Gasteiger partial charge in [-0.1, -0.05) is 13.8 Å². The predicted molar refractivity (Wildman–Crippen MR) is 118 cm³/mol. The third-order valence-electron chi connectivity index (χ3n) is 6.25. The number of aryl methyl sites for hydroxylation is 2. The van der Waals surface area contributed by atoms with E-state index in [1.54, 1.807) is 4.57 Å². The number of piperidine rings is 1. The maximum atomic E-state index is 12.9. The zero-order valence-electron chi connectivity index (χ0n) is 17.8. The largest absolute Gasteiger partial charge is 0.351 e. The van der Waals surface area contributed by atoms with E-state index in [-0.39, 0.29) is 11.5 Å². The third kappa shape index (κ3) is 4.26. The van der Waals surface area contributed by atoms with Crippen molar-refractivity contribution in [2.45, 2.75) is 59.4 Å². The van der Waals surface area contributed by atoms with Crippen LogP contribution in [-0.4, -0.2) is 46.5 Å². The first-order valence-electron chi connectivity index (χ1n) is 11.0. The minimum absolute atomic E-state index is 0.0193. The molecule has 6 nitrogen and oxygen atoms in total. The number of nitrogens with one attached hydrogen (secondary N) is 1. The molecule has 0 unspecified atom stereocenters. The zero-order valence-corrected chi connectivity index (χ0v) is 18.6. The van der Waals surface area contributed by atoms with Crippen molar-refractivity contribution in [3.8, 4) is 0 Å². The normalized spacial score (nSPS) is 22.6. The number of aromatic nitrogens is 2. The van der Waals surface area contributed by atoms with Gasteiger partial charge in [0, 0.05) is 32.6 Å². The summed E-state index contributed by atoms with van der Waals surface area (Å²) in [6.45, 7) is 11.3. The van der Waals surface area contributed by atoms with Crippen LogP contribution in [0.5, 0.6) is 0 Å². The summed E-state index contributed by atoms with van der Waals surface area (Å²) in [4.78, 5) is 34.3. The standard InChI is InChI=1S/C22H32N4O2S/c1-14-11-15(2)13-25(12-14)9-6-8-23-20(27)19-16(3)18-21(29-19)24-17-7-4-5-10-26(17)22(18)28/h14-15H,4-13H2,1-3H3,(H,23,27)/t14-,15+. The van der Waals surface area contributed by atoms with E-state index in [2.05, 4.69) is 24.1 Å². The van der Waals surface area contributed by atoms with Crippen LogP contribution in [0.4, 0.5) is 0 Å². The molecule has 7 heteroatoms. The number of nitrogens with zero attached hydrogens (tertiary/aromatic N) is 3. The van der Waals surface area contributed by atoms with E-state index >= 15 is 0 Å². The highest BCUT2D eigenvalue weighted by Crippen LogP contribution is 2.28. The number of fused-ring (bicyclic) bond motifs is 2. The summed E-state index contributed by atoms with van der Waals surface area (Å²) in [5.41, 5.74) is 0.797. The molecule has 2 aliphatic heterocycles. The molecule has 4 heterocycles. The number of carbonyl (C=O) groups excluding carboxylic acids is 1. The van der Waals surface area contributed by atoms with Gasteiger partial charge < -0.3 is 10.2 Å². The van der Waals surface area contributed by atoms with E-state index < -0.39 is 0 Å². The molecular formula is C22H32N4O2S. The van der Waals surface area contributed by atoms with Gasteiger partial charge in [0.25, 0.3) is 11.5 Å². The molecule has 0 aliphatic carbocycles. The lowest BCUT2D eigenvalue weighted by Crippen LogP contribution is -2.40. The van der Waals surface area contributed by atoms with Gasteiger partial charge in [-0.25, -0.2) is 4.98 Å². The summed E-state index contributed by atoms with van der Waals surface area (Å²) in [6.07, 6.45) is 5.20. The SMILES string of the molecule is Cc1c(C(=O)NCCCN2C[C@H](C)C[C@H](C)C2)sc2nc3n(c(=O)c12)CCCC3. The van der Waals surface area contributed by atoms with Gasteiger partial charge >= 0.3 is 0 Å². The summed E-state index contributed by atoms with van der Waals surface area (Å²) in [6, 6.07) is 0. The first kappa shape index (κ1) is 20.5. The van der Waals surface area contributed by atoms with Crippen LogP contribution in [-0.2, 0) is 13.0 Å². The van der Waals surface area contributed by atoms with Crippen molar-refractivity contribution < 1.29 is 4.79 Å². The van der Waals surface area contributed by atoms with Crippen molar-refractivity contribution in [3.05, 3.63) is 26.6 Å². The van der Waals surface area contributed by atoms with Crippen LogP contribution in [0.1, 0.15) is 60.6 Å². The Labute approximate surface area is 176 Å². The van der Waals surface area contributed by atoms with E-state index in [0.717, 1.165) is 75.1 Å². The molecule has 4 rings (SSSR count). The van der Waals surface area contributed by atoms with Gasteiger partial charge in [0.1, 0.15) is 10.7 Å². The number of hydrogen-bond donors (Lipinski definition) is 1. The van der Waals surface area contributed by atoms with Gasteiger partial charge in [-0.3, -0.25) is 14.2 Å². The number of amides is 1. The molecule has 29 heavy (non-hydrogen) atoms. The molecule has 0 radical (unpaired) electrons. The summed E-state index contributed by atoms with van der Waals surface area (Å²) in [5.74, 6) is 2.30. The Balaban J connectivity index is 1.40. The highest BCUT2D eigenvalue weighted by molar-refractivity contribution is 7.20. The molecule has 1 fully saturated rings. The second-order valence-electron chi connectivity index (χ2n) is 8.99. The van der Waals surface area contributed by atoms with E-state index in [4.69, 9.17) is 4.98 Å². The van der Waals surface area contributed by atoms with Crippen LogP contribution in [0, 0.1) is 18.8 Å². The molecule has 0 bridgehead atoms. The third-order valence-corrected chi connectivity index (χ3v) is 7.43. The Kier molecular flexibility index (Phi) is 6.06. The Morgan fingerprint density at radius 3 is 2.76 bits per heavy atom. The van der Waals surface area contributed by atoms with E-state index in [1.807, 2.05) is 6.92 Å². The van der Waals surface area contributed by atoms with E-state index in [0.29, 0.717) is 21.6 Å². The van der Waals surface area contributed by atoms with Crippen molar-refractivity contribution in [3.63, 3.8) is 0 Å². The molecule has 1 N–H and O–H groups in total. The fraction of sp³-hybridized carbons (Fsp3) is 0.682. The van der Waals surface area contributed by atoms with Crippen LogP contribution in [0.3, 0.4) is 0 Å². The topological polar surface area (TPSA) is 67.2 Å². The number of rotatable bonds is 5. The number of hydrogen-bond acceptors (Lipinski definition) is 5.